The standard InChI is InChI=1S/C99H172N14O20S2/c1-8-10-12-14-16-18-20-21-22-24-25-27-29-31-39-78(108-90(124)42-32-30-28-26-23-19-17-15-13-11-9-2)84(118)60-71(49-54-134-6)93(128)107-65-76(117)58-73(57-69-43-45-75(116)46-44-69)96(131)111-81(47-48-89(102)123)85(119)59-70(38-33-35-51-100)94(129)109-79(40-34-36-52-101)86(120)61-72(56-67(3)4)95(130)110-80(41-37-53-106-99(104)105)87(121)62-74(66-114)97(132)112-82(50-55-135-7)88(122)63-77(68(5)115)98(133)113-83(92(103)127)64-91(125)126/h43-46,67-68,70-74,77-83,114-116H,8-42,47-66,100-101H2,1-7H3,(H2,102,123)(H2,103,127)(H,107,128)(H,108,124)(H,109,129)(H,110,130)(H,111,131)(H,112,132)(H,113,133)(H,125,126)(H4,104,105,106)/t68-,70-,71-,72-,73-,74+,77+,78?,79+,80+,81+,82+,83+/m1/s1. The minimum atomic E-state index is -1.69. The topological polar surface area (TPSA) is 607 Å². The number of nitrogens with two attached hydrogens (primary N) is 6. The number of thioether (sulfide) groups is 2. The molecule has 0 aromatic heterocycles. The molecule has 0 spiro atoms. The molecule has 0 heterocycles. The quantitative estimate of drug-likeness (QED) is 0.0164. The number of nitrogens with zero attached hydrogens (tertiary/aromatic N) is 1. The Bertz CT molecular complexity index is 3690. The maximum absolute atomic E-state index is 15.0. The zero-order chi connectivity index (χ0) is 101. The Morgan fingerprint density at radius 2 is 0.793 bits per heavy atom. The van der Waals surface area contributed by atoms with Gasteiger partial charge in [-0.1, -0.05) is 200 Å². The Morgan fingerprint density at radius 1 is 0.400 bits per heavy atom. The first-order chi connectivity index (χ1) is 64.5. The molecule has 135 heavy (non-hydrogen) atoms. The lowest BCUT2D eigenvalue weighted by Crippen LogP contribution is -2.51. The second-order valence-electron chi connectivity index (χ2n) is 37.0. The predicted octanol–water partition coefficient (Wildman–Crippen LogP) is 9.45. The highest BCUT2D eigenvalue weighted by molar-refractivity contribution is 7.98. The number of rotatable bonds is 88. The van der Waals surface area contributed by atoms with Gasteiger partial charge in [-0.05, 0) is 158 Å². The molecular weight excluding hydrogens is 1770 g/mol. The molecule has 1 unspecified atom stereocenters. The SMILES string of the molecule is CCCCCCCCCCCCCCCCC(NC(=O)CCCCCCCCCCCCC)C(=O)C[C@@H](CCSC)C(=O)NCC(=O)C[C@@H](Cc1ccc(O)cc1)C(=O)N[C@@H](CCC(N)=O)C(=O)C[C@@H](CCCCN)C(=O)N[C@@H](CCCCN)C(=O)C[C@@H](CC(C)C)C(=O)N[C@@H](CCCN=C(N)N)C(=O)C[C@@H](CO)C(=O)N[C@@H](CCSC)C(=O)C[C@H](C(=O)N[C@@H](CC(=O)O)C(N)=O)[C@@H](C)O. The van der Waals surface area contributed by atoms with Crippen LogP contribution >= 0.6 is 23.5 Å². The molecule has 0 radical (unpaired) electrons. The fourth-order valence-electron chi connectivity index (χ4n) is 16.5. The van der Waals surface area contributed by atoms with Gasteiger partial charge in [0.1, 0.15) is 11.8 Å². The number of benzene rings is 1. The van der Waals surface area contributed by atoms with E-state index in [2.05, 4.69) is 56.1 Å². The van der Waals surface area contributed by atoms with Crippen LogP contribution in [0, 0.1) is 41.4 Å². The number of phenols is 1. The summed E-state index contributed by atoms with van der Waals surface area (Å²) >= 11 is 2.78. The molecule has 0 saturated carbocycles. The monoisotopic (exact) mass is 1940 g/mol. The molecule has 36 heteroatoms. The van der Waals surface area contributed by atoms with E-state index in [1.165, 1.54) is 145 Å². The van der Waals surface area contributed by atoms with Crippen LogP contribution in [0.1, 0.15) is 342 Å². The van der Waals surface area contributed by atoms with Crippen molar-refractivity contribution in [2.45, 2.75) is 385 Å². The van der Waals surface area contributed by atoms with Gasteiger partial charge in [-0.15, -0.1) is 0 Å². The highest BCUT2D eigenvalue weighted by Crippen LogP contribution is 2.27. The minimum absolute atomic E-state index is 0.0187. The second-order valence-corrected chi connectivity index (χ2v) is 39.0. The lowest BCUT2D eigenvalue weighted by Gasteiger charge is -2.27. The van der Waals surface area contributed by atoms with Crippen molar-refractivity contribution in [3.05, 3.63) is 29.8 Å². The number of Topliss-reactive ketones (excluding diaryl/α,β-unsaturated/α-hetero) is 6. The molecule has 0 aliphatic heterocycles. The highest BCUT2D eigenvalue weighted by atomic mass is 32.2. The molecule has 23 N–H and O–H groups in total. The third-order valence-electron chi connectivity index (χ3n) is 24.6. The first kappa shape index (κ1) is 125. The fourth-order valence-corrected chi connectivity index (χ4v) is 17.4. The number of hydrogen-bond acceptors (Lipinski definition) is 24. The molecule has 1 rings (SSSR count). The number of aliphatic hydroxyl groups is 2. The van der Waals surface area contributed by atoms with Crippen molar-refractivity contribution in [1.29, 1.82) is 0 Å². The van der Waals surface area contributed by atoms with Gasteiger partial charge in [0.15, 0.2) is 40.7 Å². The van der Waals surface area contributed by atoms with E-state index in [0.717, 1.165) is 44.9 Å². The van der Waals surface area contributed by atoms with Crippen molar-refractivity contribution in [1.82, 2.24) is 37.2 Å². The summed E-state index contributed by atoms with van der Waals surface area (Å²) in [5.41, 5.74) is 34.6. The number of carboxylic acids is 1. The fraction of sp³-hybridized carbons (Fsp3) is 0.768. The Kier molecular flexibility index (Phi) is 70.6. The number of aliphatic hydroxyl groups excluding tert-OH is 2. The number of nitrogens with one attached hydrogen (secondary N) is 7. The molecule has 770 valence electrons. The molecule has 1 aromatic rings. The predicted molar refractivity (Wildman–Crippen MR) is 531 cm³/mol. The summed E-state index contributed by atoms with van der Waals surface area (Å²) in [6.45, 7) is 8.09. The van der Waals surface area contributed by atoms with E-state index in [0.29, 0.717) is 56.3 Å². The summed E-state index contributed by atoms with van der Waals surface area (Å²) in [6, 6.07) is -2.15. The van der Waals surface area contributed by atoms with E-state index < -0.39 is 218 Å². The van der Waals surface area contributed by atoms with Gasteiger partial charge in [0, 0.05) is 81.6 Å². The Labute approximate surface area is 811 Å². The molecule has 1 aromatic carbocycles. The molecule has 0 aliphatic carbocycles. The summed E-state index contributed by atoms with van der Waals surface area (Å²) in [5.74, 6) is -19.8. The lowest BCUT2D eigenvalue weighted by molar-refractivity contribution is -0.141. The van der Waals surface area contributed by atoms with Crippen molar-refractivity contribution >= 4 is 123 Å². The van der Waals surface area contributed by atoms with E-state index in [1.54, 1.807) is 32.2 Å². The zero-order valence-corrected chi connectivity index (χ0v) is 84.0. The number of phenolic OH excluding ortho intramolecular Hbond substituents is 1. The number of ketones is 6. The number of carbonyl (C=O) groups excluding carboxylic acids is 15. The molecular formula is C99H172N14O20S2. The largest absolute Gasteiger partial charge is 0.508 e. The summed E-state index contributed by atoms with van der Waals surface area (Å²) in [7, 11) is 0. The minimum Gasteiger partial charge on any atom is -0.508 e. The van der Waals surface area contributed by atoms with E-state index >= 15 is 0 Å². The van der Waals surface area contributed by atoms with Crippen molar-refractivity contribution in [3.63, 3.8) is 0 Å². The van der Waals surface area contributed by atoms with Gasteiger partial charge in [-0.2, -0.15) is 23.5 Å². The molecule has 0 aliphatic rings. The van der Waals surface area contributed by atoms with Crippen LogP contribution in [0.2, 0.25) is 0 Å². The van der Waals surface area contributed by atoms with E-state index in [4.69, 9.17) is 34.4 Å². The zero-order valence-electron chi connectivity index (χ0n) is 82.3. The Balaban J connectivity index is 3.69. The number of carbonyl (C=O) groups is 16. The summed E-state index contributed by atoms with van der Waals surface area (Å²) in [5, 5.41) is 59.7. The molecule has 0 bridgehead atoms. The maximum Gasteiger partial charge on any atom is 0.305 e. The van der Waals surface area contributed by atoms with Crippen LogP contribution in [-0.4, -0.2) is 219 Å². The maximum atomic E-state index is 15.0. The molecule has 34 nitrogen and oxygen atoms in total. The molecule has 13 atom stereocenters. The number of carboxylic acid groups (broad SMARTS) is 1. The highest BCUT2D eigenvalue weighted by Gasteiger charge is 2.39. The summed E-state index contributed by atoms with van der Waals surface area (Å²) in [6.07, 6.45) is 28.2. The van der Waals surface area contributed by atoms with Crippen LogP contribution in [0.4, 0.5) is 0 Å². The first-order valence-electron chi connectivity index (χ1n) is 50.0. The smallest absolute Gasteiger partial charge is 0.305 e. The Morgan fingerprint density at radius 3 is 1.24 bits per heavy atom. The summed E-state index contributed by atoms with van der Waals surface area (Å²) in [4.78, 5) is 228. The average Bonchev–Trinajstić information content (AvgIpc) is 0.852. The lowest BCUT2D eigenvalue weighted by atomic mass is 9.87. The van der Waals surface area contributed by atoms with Crippen LogP contribution in [0.15, 0.2) is 29.3 Å². The third-order valence-corrected chi connectivity index (χ3v) is 25.9. The number of guanidine groups is 1. The van der Waals surface area contributed by atoms with Crippen molar-refractivity contribution in [2.75, 3.05) is 56.8 Å². The number of primary amides is 2. The van der Waals surface area contributed by atoms with Gasteiger partial charge < -0.3 is 92.0 Å². The number of aliphatic carboxylic acids is 1. The van der Waals surface area contributed by atoms with Crippen molar-refractivity contribution in [2.24, 2.45) is 80.8 Å². The number of amides is 9. The first-order valence-corrected chi connectivity index (χ1v) is 52.8. The third kappa shape index (κ3) is 59.4. The van der Waals surface area contributed by atoms with Gasteiger partial charge in [0.2, 0.25) is 53.2 Å². The summed E-state index contributed by atoms with van der Waals surface area (Å²) < 4.78 is 0. The van der Waals surface area contributed by atoms with Gasteiger partial charge in [0.25, 0.3) is 0 Å². The molecule has 9 amide bonds. The number of aromatic hydroxyl groups is 1. The van der Waals surface area contributed by atoms with E-state index in [1.807, 2.05) is 6.26 Å². The molecule has 0 saturated heterocycles. The number of hydrogen-bond donors (Lipinski definition) is 17. The molecule has 0 fully saturated rings. The number of aliphatic imine (C=N–C) groups is 1. The van der Waals surface area contributed by atoms with E-state index in [9.17, 15) is 97.1 Å². The van der Waals surface area contributed by atoms with Crippen LogP contribution in [-0.2, 0) is 83.1 Å². The second kappa shape index (κ2) is 76.5. The number of unbranched alkanes of at least 4 members (excludes halogenated alkanes) is 25. The normalized spacial score (nSPS) is 14.3. The van der Waals surface area contributed by atoms with E-state index in [-0.39, 0.29) is 125 Å². The Hall–Kier alpha value is -8.45. The van der Waals surface area contributed by atoms with Crippen LogP contribution in [0.3, 0.4) is 0 Å². The van der Waals surface area contributed by atoms with Gasteiger partial charge in [-0.3, -0.25) is 81.7 Å². The van der Waals surface area contributed by atoms with Crippen LogP contribution < -0.4 is 71.6 Å². The van der Waals surface area contributed by atoms with Crippen molar-refractivity contribution < 1.29 is 97.1 Å². The van der Waals surface area contributed by atoms with Crippen LogP contribution in [0.25, 0.3) is 0 Å². The van der Waals surface area contributed by atoms with Gasteiger partial charge in [0.05, 0.1) is 67.7 Å². The van der Waals surface area contributed by atoms with Crippen LogP contribution in [0.5, 0.6) is 5.75 Å². The van der Waals surface area contributed by atoms with Gasteiger partial charge >= 0.3 is 5.97 Å². The average molecular weight is 1940 g/mol. The van der Waals surface area contributed by atoms with Crippen molar-refractivity contribution in [3.8, 4) is 5.75 Å². The van der Waals surface area contributed by atoms with Gasteiger partial charge in [-0.25, -0.2) is 0 Å².